The van der Waals surface area contributed by atoms with Gasteiger partial charge in [-0.1, -0.05) is 57.2 Å². The monoisotopic (exact) mass is 743 g/mol. The maximum atomic E-state index is 13.6. The number of aromatic nitrogens is 2. The third-order valence-corrected chi connectivity index (χ3v) is 10.3. The number of carboxylic acid groups (broad SMARTS) is 1. The van der Waals surface area contributed by atoms with Crippen molar-refractivity contribution >= 4 is 30.4 Å². The van der Waals surface area contributed by atoms with Gasteiger partial charge in [-0.05, 0) is 89.1 Å². The van der Waals surface area contributed by atoms with Crippen molar-refractivity contribution in [2.24, 2.45) is 5.41 Å². The third kappa shape index (κ3) is 7.23. The predicted octanol–water partition coefficient (Wildman–Crippen LogP) is 7.53. The van der Waals surface area contributed by atoms with Crippen molar-refractivity contribution in [2.75, 3.05) is 18.1 Å². The van der Waals surface area contributed by atoms with E-state index in [0.29, 0.717) is 30.9 Å². The molecule has 14 nitrogen and oxygen atoms in total. The van der Waals surface area contributed by atoms with Crippen LogP contribution in [-0.2, 0) is 20.8 Å². The van der Waals surface area contributed by atoms with Crippen molar-refractivity contribution in [1.29, 1.82) is 0 Å². The fourth-order valence-corrected chi connectivity index (χ4v) is 8.12. The number of H-pyrrole nitrogens is 1. The molecule has 3 atom stereocenters. The third-order valence-electron chi connectivity index (χ3n) is 10.3. The highest BCUT2D eigenvalue weighted by Crippen LogP contribution is 2.48. The van der Waals surface area contributed by atoms with Crippen LogP contribution in [0.4, 0.5) is 20.1 Å². The Morgan fingerprint density at radius 3 is 2.13 bits per heavy atom. The fraction of sp³-hybridized carbons (Fsp3) is 0.525. The Bertz CT molecular complexity index is 1910. The van der Waals surface area contributed by atoms with E-state index in [1.807, 2.05) is 84.0 Å². The molecule has 0 saturated carbocycles. The van der Waals surface area contributed by atoms with E-state index in [0.717, 1.165) is 40.8 Å². The summed E-state index contributed by atoms with van der Waals surface area (Å²) in [7, 11) is 0. The second-order valence-corrected chi connectivity index (χ2v) is 17.3. The average molecular weight is 744 g/mol. The molecule has 2 fully saturated rings. The van der Waals surface area contributed by atoms with Crippen LogP contribution in [-0.4, -0.2) is 90.6 Å². The highest BCUT2D eigenvalue weighted by molar-refractivity contribution is 5.89. The number of aromatic amines is 1. The molecule has 0 bridgehead atoms. The van der Waals surface area contributed by atoms with Crippen LogP contribution in [0.2, 0.25) is 0 Å². The molecule has 4 amide bonds. The number of nitrogens with one attached hydrogen (secondary N) is 2. The summed E-state index contributed by atoms with van der Waals surface area (Å²) in [6, 6.07) is 12.9. The Morgan fingerprint density at radius 1 is 0.889 bits per heavy atom. The van der Waals surface area contributed by atoms with Gasteiger partial charge >= 0.3 is 18.3 Å². The van der Waals surface area contributed by atoms with Gasteiger partial charge in [0.25, 0.3) is 0 Å². The van der Waals surface area contributed by atoms with Gasteiger partial charge < -0.3 is 24.9 Å². The van der Waals surface area contributed by atoms with Gasteiger partial charge in [-0.3, -0.25) is 14.6 Å². The lowest BCUT2D eigenvalue weighted by atomic mass is 9.75. The molecule has 2 saturated heterocycles. The van der Waals surface area contributed by atoms with E-state index in [4.69, 9.17) is 9.47 Å². The summed E-state index contributed by atoms with van der Waals surface area (Å²) in [5, 5.41) is 16.6. The van der Waals surface area contributed by atoms with Gasteiger partial charge in [0, 0.05) is 25.0 Å². The minimum absolute atomic E-state index is 0.191. The highest BCUT2D eigenvalue weighted by atomic mass is 16.6. The van der Waals surface area contributed by atoms with Crippen LogP contribution in [0.3, 0.4) is 0 Å². The van der Waals surface area contributed by atoms with Crippen LogP contribution in [0.15, 0.2) is 48.7 Å². The average Bonchev–Trinajstić information content (AvgIpc) is 3.86. The molecule has 0 spiro atoms. The molecule has 3 aliphatic rings. The zero-order valence-electron chi connectivity index (χ0n) is 32.7. The molecule has 3 aliphatic heterocycles. The first kappa shape index (κ1) is 38.6. The molecule has 54 heavy (non-hydrogen) atoms. The largest absolute Gasteiger partial charge is 0.464 e. The number of carbonyl (C=O) groups excluding carboxylic acids is 3. The fourth-order valence-electron chi connectivity index (χ4n) is 8.12. The lowest BCUT2D eigenvalue weighted by molar-refractivity contribution is -0.120. The molecule has 1 unspecified atom stereocenters. The minimum atomic E-state index is -1.29. The van der Waals surface area contributed by atoms with Gasteiger partial charge in [0.15, 0.2) is 0 Å². The summed E-state index contributed by atoms with van der Waals surface area (Å²) in [6.45, 7) is 17.8. The summed E-state index contributed by atoms with van der Waals surface area (Å²) in [5.74, 6) is 0.713. The van der Waals surface area contributed by atoms with Crippen molar-refractivity contribution < 1.29 is 33.8 Å². The number of hydrazine groups is 1. The van der Waals surface area contributed by atoms with Crippen LogP contribution >= 0.6 is 0 Å². The first-order chi connectivity index (χ1) is 25.2. The van der Waals surface area contributed by atoms with E-state index >= 15 is 0 Å². The number of imidazole rings is 1. The number of hydrogen-bond acceptors (Lipinski definition) is 8. The number of rotatable bonds is 6. The maximum absolute atomic E-state index is 13.6. The van der Waals surface area contributed by atoms with Gasteiger partial charge in [0.2, 0.25) is 6.41 Å². The second-order valence-electron chi connectivity index (χ2n) is 17.3. The molecule has 2 aromatic carbocycles. The van der Waals surface area contributed by atoms with E-state index in [1.54, 1.807) is 41.8 Å². The van der Waals surface area contributed by atoms with E-state index in [-0.39, 0.29) is 25.2 Å². The number of fused-ring (bicyclic) bond motifs is 1. The van der Waals surface area contributed by atoms with Crippen LogP contribution in [0.1, 0.15) is 99.0 Å². The Hall–Kier alpha value is -5.11. The number of nitrogens with zero attached hydrogens (tertiary/aromatic N) is 5. The van der Waals surface area contributed by atoms with E-state index in [1.165, 1.54) is 5.01 Å². The summed E-state index contributed by atoms with van der Waals surface area (Å²) in [6.07, 6.45) is 2.32. The van der Waals surface area contributed by atoms with Gasteiger partial charge in [0.05, 0.1) is 29.7 Å². The molecule has 3 aromatic rings. The smallest absolute Gasteiger partial charge is 0.426 e. The first-order valence-corrected chi connectivity index (χ1v) is 18.5. The number of likely N-dealkylation sites (tertiary alicyclic amines) is 2. The van der Waals surface area contributed by atoms with Crippen LogP contribution in [0, 0.1) is 5.41 Å². The normalized spacial score (nSPS) is 22.0. The van der Waals surface area contributed by atoms with Crippen molar-refractivity contribution in [3.63, 3.8) is 0 Å². The van der Waals surface area contributed by atoms with Gasteiger partial charge in [-0.2, -0.15) is 5.01 Å². The summed E-state index contributed by atoms with van der Waals surface area (Å²) < 4.78 is 11.4. The molecule has 1 aromatic heterocycles. The summed E-state index contributed by atoms with van der Waals surface area (Å²) in [4.78, 5) is 63.1. The molecule has 290 valence electrons. The number of anilines is 1. The molecule has 0 aliphatic carbocycles. The van der Waals surface area contributed by atoms with E-state index in [9.17, 15) is 24.3 Å². The molecular weight excluding hydrogens is 690 g/mol. The first-order valence-electron chi connectivity index (χ1n) is 18.5. The Morgan fingerprint density at radius 2 is 1.52 bits per heavy atom. The molecule has 4 heterocycles. The number of amides is 4. The summed E-state index contributed by atoms with van der Waals surface area (Å²) in [5.41, 5.74) is 1.40. The summed E-state index contributed by atoms with van der Waals surface area (Å²) >= 11 is 0. The Kier molecular flexibility index (Phi) is 9.97. The quantitative estimate of drug-likeness (QED) is 0.217. The zero-order chi connectivity index (χ0) is 39.4. The van der Waals surface area contributed by atoms with Gasteiger partial charge in [0.1, 0.15) is 22.7 Å². The maximum Gasteiger partial charge on any atom is 0.426 e. The molecule has 6 rings (SSSR count). The lowest BCUT2D eigenvalue weighted by Crippen LogP contribution is -2.73. The van der Waals surface area contributed by atoms with Crippen molar-refractivity contribution in [2.45, 2.75) is 117 Å². The SMILES string of the molecule is CC(C)(C)OC(=O)N1CCC[C@H]1c1ncc(-c2ccc(-c3ccc4c(c3)N(C(=O)O)N(C3CCN(C(=O)OC(C)(C)C)[C@@]3(NC=O)C(C)(C)C)C4)cc2)[nH]1. The number of ether oxygens (including phenoxy) is 2. The molecule has 3 N–H and O–H groups in total. The molecule has 14 heteroatoms. The van der Waals surface area contributed by atoms with Crippen molar-refractivity contribution in [3.8, 4) is 22.4 Å². The number of hydrogen-bond donors (Lipinski definition) is 3. The van der Waals surface area contributed by atoms with Gasteiger partial charge in [-0.15, -0.1) is 0 Å². The molecular formula is C40H53N7O7. The Labute approximate surface area is 316 Å². The van der Waals surface area contributed by atoms with Crippen LogP contribution in [0.5, 0.6) is 0 Å². The standard InChI is InChI=1S/C40H53N7O7/c1-37(2,3)40(42-24-48)32(18-20-45(40)36(52)54-39(7,8)9)46-23-28-17-16-27(21-31(28)47(46)34(49)50)25-12-14-26(15-13-25)29-22-41-33(43-29)30-11-10-19-44(30)35(51)53-38(4,5)6/h12-17,21-22,24,30,32H,10-11,18-20,23H2,1-9H3,(H,41,43)(H,42,48)(H,49,50)/t30-,32?,40+/m0/s1. The topological polar surface area (TPSA) is 161 Å². The number of carbonyl (C=O) groups is 4. The predicted molar refractivity (Wildman–Crippen MR) is 203 cm³/mol. The van der Waals surface area contributed by atoms with Crippen LogP contribution < -0.4 is 10.3 Å². The van der Waals surface area contributed by atoms with Crippen molar-refractivity contribution in [1.82, 2.24) is 30.1 Å². The lowest BCUT2D eigenvalue weighted by Gasteiger charge is -2.52. The van der Waals surface area contributed by atoms with Gasteiger partial charge in [-0.25, -0.2) is 24.4 Å². The second kappa shape index (κ2) is 13.9. The van der Waals surface area contributed by atoms with E-state index in [2.05, 4.69) is 15.3 Å². The Balaban J connectivity index is 1.25. The van der Waals surface area contributed by atoms with Crippen molar-refractivity contribution in [3.05, 3.63) is 60.0 Å². The number of benzene rings is 2. The highest BCUT2D eigenvalue weighted by Gasteiger charge is 2.62. The minimum Gasteiger partial charge on any atom is -0.464 e. The van der Waals surface area contributed by atoms with E-state index < -0.39 is 40.5 Å². The zero-order valence-corrected chi connectivity index (χ0v) is 32.7. The molecule has 0 radical (unpaired) electrons. The van der Waals surface area contributed by atoms with Crippen LogP contribution in [0.25, 0.3) is 22.4 Å².